The van der Waals surface area contributed by atoms with E-state index in [0.29, 0.717) is 11.0 Å². The third kappa shape index (κ3) is 5.23. The molecule has 0 atom stereocenters. The van der Waals surface area contributed by atoms with E-state index in [9.17, 15) is 0 Å². The van der Waals surface area contributed by atoms with Gasteiger partial charge in [-0.05, 0) is 39.8 Å². The Balaban J connectivity index is 2.23. The predicted molar refractivity (Wildman–Crippen MR) is 73.8 cm³/mol. The van der Waals surface area contributed by atoms with Gasteiger partial charge in [-0.25, -0.2) is 0 Å². The lowest BCUT2D eigenvalue weighted by molar-refractivity contribution is 0.193. The number of thiocarbonyl (C=S) groups is 1. The molecule has 1 aliphatic heterocycles. The van der Waals surface area contributed by atoms with Gasteiger partial charge in [-0.15, -0.1) is 0 Å². The summed E-state index contributed by atoms with van der Waals surface area (Å²) in [7, 11) is 0. The molecule has 0 unspecified atom stereocenters. The molecule has 1 fully saturated rings. The SMILES string of the molecule is CC(C)N(CCC(N)=S)CCN1CCCC1. The van der Waals surface area contributed by atoms with E-state index in [-0.39, 0.29) is 0 Å². The number of hydrogen-bond donors (Lipinski definition) is 1. The summed E-state index contributed by atoms with van der Waals surface area (Å²) in [5.41, 5.74) is 5.55. The van der Waals surface area contributed by atoms with Crippen LogP contribution in [0.3, 0.4) is 0 Å². The van der Waals surface area contributed by atoms with Crippen LogP contribution in [-0.2, 0) is 0 Å². The van der Waals surface area contributed by atoms with Gasteiger partial charge in [0.05, 0.1) is 4.99 Å². The van der Waals surface area contributed by atoms with Gasteiger partial charge >= 0.3 is 0 Å². The number of rotatable bonds is 7. The Morgan fingerprint density at radius 1 is 1.31 bits per heavy atom. The first-order valence-electron chi connectivity index (χ1n) is 6.34. The Morgan fingerprint density at radius 2 is 1.94 bits per heavy atom. The molecule has 0 amide bonds. The van der Waals surface area contributed by atoms with Crippen LogP contribution < -0.4 is 5.73 Å². The highest BCUT2D eigenvalue weighted by atomic mass is 32.1. The van der Waals surface area contributed by atoms with Crippen molar-refractivity contribution >= 4 is 17.2 Å². The van der Waals surface area contributed by atoms with Gasteiger partial charge in [-0.3, -0.25) is 4.90 Å². The number of hydrogen-bond acceptors (Lipinski definition) is 3. The largest absolute Gasteiger partial charge is 0.393 e. The fraction of sp³-hybridized carbons (Fsp3) is 0.917. The zero-order valence-corrected chi connectivity index (χ0v) is 11.4. The van der Waals surface area contributed by atoms with E-state index in [1.807, 2.05) is 0 Å². The summed E-state index contributed by atoms with van der Waals surface area (Å²) in [5, 5.41) is 0. The highest BCUT2D eigenvalue weighted by Gasteiger charge is 2.14. The van der Waals surface area contributed by atoms with Gasteiger partial charge in [0, 0.05) is 32.1 Å². The Labute approximate surface area is 105 Å². The molecule has 0 spiro atoms. The molecule has 16 heavy (non-hydrogen) atoms. The average Bonchev–Trinajstić information content (AvgIpc) is 2.69. The molecule has 0 aromatic heterocycles. The van der Waals surface area contributed by atoms with Crippen molar-refractivity contribution in [3.05, 3.63) is 0 Å². The zero-order valence-electron chi connectivity index (χ0n) is 10.6. The van der Waals surface area contributed by atoms with Crippen LogP contribution in [0, 0.1) is 0 Å². The molecule has 1 aliphatic rings. The Bertz CT molecular complexity index is 212. The van der Waals surface area contributed by atoms with E-state index in [4.69, 9.17) is 18.0 Å². The lowest BCUT2D eigenvalue weighted by Crippen LogP contribution is -2.39. The van der Waals surface area contributed by atoms with E-state index < -0.39 is 0 Å². The highest BCUT2D eigenvalue weighted by molar-refractivity contribution is 7.80. The average molecular weight is 243 g/mol. The zero-order chi connectivity index (χ0) is 12.0. The van der Waals surface area contributed by atoms with Crippen molar-refractivity contribution in [3.63, 3.8) is 0 Å². The molecule has 1 saturated heterocycles. The quantitative estimate of drug-likeness (QED) is 0.686. The van der Waals surface area contributed by atoms with Crippen LogP contribution in [0.4, 0.5) is 0 Å². The molecule has 3 nitrogen and oxygen atoms in total. The Morgan fingerprint density at radius 3 is 2.44 bits per heavy atom. The van der Waals surface area contributed by atoms with Gasteiger partial charge in [0.2, 0.25) is 0 Å². The summed E-state index contributed by atoms with van der Waals surface area (Å²) >= 11 is 4.93. The van der Waals surface area contributed by atoms with Gasteiger partial charge in [-0.1, -0.05) is 12.2 Å². The second-order valence-electron chi connectivity index (χ2n) is 4.89. The highest BCUT2D eigenvalue weighted by Crippen LogP contribution is 2.08. The van der Waals surface area contributed by atoms with Crippen LogP contribution in [0.1, 0.15) is 33.1 Å². The predicted octanol–water partition coefficient (Wildman–Crippen LogP) is 1.47. The summed E-state index contributed by atoms with van der Waals surface area (Å²) in [4.78, 5) is 5.65. The third-order valence-corrected chi connectivity index (χ3v) is 3.48. The first-order chi connectivity index (χ1) is 7.59. The van der Waals surface area contributed by atoms with Crippen molar-refractivity contribution in [2.75, 3.05) is 32.7 Å². The minimum absolute atomic E-state index is 0.581. The maximum absolute atomic E-state index is 5.55. The van der Waals surface area contributed by atoms with E-state index in [0.717, 1.165) is 19.5 Å². The molecule has 0 aromatic carbocycles. The smallest absolute Gasteiger partial charge is 0.0740 e. The van der Waals surface area contributed by atoms with Gasteiger partial charge in [-0.2, -0.15) is 0 Å². The van der Waals surface area contributed by atoms with Crippen LogP contribution >= 0.6 is 12.2 Å². The molecule has 94 valence electrons. The van der Waals surface area contributed by atoms with Crippen molar-refractivity contribution in [2.24, 2.45) is 5.73 Å². The summed E-state index contributed by atoms with van der Waals surface area (Å²) in [6.07, 6.45) is 3.58. The maximum atomic E-state index is 5.55. The molecule has 0 aromatic rings. The van der Waals surface area contributed by atoms with Gasteiger partial charge in [0.25, 0.3) is 0 Å². The summed E-state index contributed by atoms with van der Waals surface area (Å²) in [5.74, 6) is 0. The topological polar surface area (TPSA) is 32.5 Å². The van der Waals surface area contributed by atoms with E-state index >= 15 is 0 Å². The van der Waals surface area contributed by atoms with Crippen molar-refractivity contribution in [1.29, 1.82) is 0 Å². The normalized spacial score (nSPS) is 17.5. The van der Waals surface area contributed by atoms with Crippen LogP contribution in [0.25, 0.3) is 0 Å². The minimum atomic E-state index is 0.581. The molecule has 0 aliphatic carbocycles. The number of likely N-dealkylation sites (tertiary alicyclic amines) is 1. The summed E-state index contributed by atoms with van der Waals surface area (Å²) in [6, 6.07) is 0.581. The molecule has 0 radical (unpaired) electrons. The number of nitrogens with two attached hydrogens (primary N) is 1. The molecule has 2 N–H and O–H groups in total. The summed E-state index contributed by atoms with van der Waals surface area (Å²) in [6.45, 7) is 10.4. The second kappa shape index (κ2) is 7.20. The Kier molecular flexibility index (Phi) is 6.24. The van der Waals surface area contributed by atoms with Crippen molar-refractivity contribution < 1.29 is 0 Å². The monoisotopic (exact) mass is 243 g/mol. The molecule has 1 rings (SSSR count). The van der Waals surface area contributed by atoms with Crippen molar-refractivity contribution in [1.82, 2.24) is 9.80 Å². The molecule has 1 heterocycles. The molecule has 0 saturated carbocycles. The first kappa shape index (κ1) is 13.9. The second-order valence-corrected chi connectivity index (χ2v) is 5.42. The van der Waals surface area contributed by atoms with Crippen molar-refractivity contribution in [2.45, 2.75) is 39.2 Å². The van der Waals surface area contributed by atoms with Crippen LogP contribution in [0.2, 0.25) is 0 Å². The van der Waals surface area contributed by atoms with Crippen LogP contribution in [0.5, 0.6) is 0 Å². The Hall–Kier alpha value is -0.190. The molecule has 4 heteroatoms. The molecular weight excluding hydrogens is 218 g/mol. The minimum Gasteiger partial charge on any atom is -0.393 e. The summed E-state index contributed by atoms with van der Waals surface area (Å²) < 4.78 is 0. The lowest BCUT2D eigenvalue weighted by Gasteiger charge is -2.28. The standard InChI is InChI=1S/C12H25N3S/c1-11(2)15(8-5-12(13)16)10-9-14-6-3-4-7-14/h11H,3-10H2,1-2H3,(H2,13,16). The lowest BCUT2D eigenvalue weighted by atomic mass is 10.2. The maximum Gasteiger partial charge on any atom is 0.0740 e. The van der Waals surface area contributed by atoms with Gasteiger partial charge in [0.15, 0.2) is 0 Å². The van der Waals surface area contributed by atoms with Gasteiger partial charge in [0.1, 0.15) is 0 Å². The molecule has 0 bridgehead atoms. The number of nitrogens with zero attached hydrogens (tertiary/aromatic N) is 2. The first-order valence-corrected chi connectivity index (χ1v) is 6.75. The van der Waals surface area contributed by atoms with Crippen LogP contribution in [0.15, 0.2) is 0 Å². The van der Waals surface area contributed by atoms with E-state index in [2.05, 4.69) is 23.6 Å². The molecular formula is C12H25N3S. The van der Waals surface area contributed by atoms with Crippen LogP contribution in [-0.4, -0.2) is 53.6 Å². The van der Waals surface area contributed by atoms with Crippen molar-refractivity contribution in [3.8, 4) is 0 Å². The fourth-order valence-corrected chi connectivity index (χ4v) is 2.25. The van der Waals surface area contributed by atoms with E-state index in [1.165, 1.54) is 32.5 Å². The van der Waals surface area contributed by atoms with E-state index in [1.54, 1.807) is 0 Å². The van der Waals surface area contributed by atoms with Gasteiger partial charge < -0.3 is 10.6 Å². The third-order valence-electron chi connectivity index (χ3n) is 3.28. The fourth-order valence-electron chi connectivity index (χ4n) is 2.16.